The fourth-order valence-corrected chi connectivity index (χ4v) is 4.72. The Morgan fingerprint density at radius 1 is 0.622 bits per heavy atom. The zero-order valence-electron chi connectivity index (χ0n) is 20.4. The van der Waals surface area contributed by atoms with Gasteiger partial charge in [-0.15, -0.1) is 0 Å². The van der Waals surface area contributed by atoms with Crippen molar-refractivity contribution in [3.8, 4) is 33.5 Å². The normalized spacial score (nSPS) is 10.9. The summed E-state index contributed by atoms with van der Waals surface area (Å²) in [7, 11) is 0. The van der Waals surface area contributed by atoms with Gasteiger partial charge >= 0.3 is 0 Å². The zero-order valence-corrected chi connectivity index (χ0v) is 20.4. The minimum absolute atomic E-state index is 0.494. The van der Waals surface area contributed by atoms with Crippen LogP contribution in [0.4, 0.5) is 5.95 Å². The highest BCUT2D eigenvalue weighted by Gasteiger charge is 2.16. The summed E-state index contributed by atoms with van der Waals surface area (Å²) in [5, 5.41) is 6.50. The second-order valence-electron chi connectivity index (χ2n) is 8.96. The molecule has 0 saturated carbocycles. The molecule has 0 amide bonds. The van der Waals surface area contributed by atoms with Gasteiger partial charge in [0.2, 0.25) is 5.95 Å². The first kappa shape index (κ1) is 22.4. The third kappa shape index (κ3) is 4.39. The second kappa shape index (κ2) is 9.56. The van der Waals surface area contributed by atoms with Gasteiger partial charge in [0.15, 0.2) is 0 Å². The van der Waals surface area contributed by atoms with Crippen molar-refractivity contribution in [2.75, 3.05) is 5.32 Å². The average molecular weight is 476 g/mol. The highest BCUT2D eigenvalue weighted by Crippen LogP contribution is 2.37. The number of aromatic nitrogens is 2. The first-order valence-electron chi connectivity index (χ1n) is 12.2. The Hall–Kier alpha value is -5.02. The minimum Gasteiger partial charge on any atom is -0.325 e. The lowest BCUT2D eigenvalue weighted by Gasteiger charge is -2.15. The van der Waals surface area contributed by atoms with Gasteiger partial charge in [-0.2, -0.15) is 0 Å². The van der Waals surface area contributed by atoms with Crippen LogP contribution in [0.2, 0.25) is 0 Å². The smallest absolute Gasteiger partial charge is 0.228 e. The molecule has 6 rings (SSSR count). The van der Waals surface area contributed by atoms with Crippen LogP contribution in [-0.4, -0.2) is 9.97 Å². The van der Waals surface area contributed by atoms with Crippen LogP contribution in [0, 0.1) is 0 Å². The summed E-state index contributed by atoms with van der Waals surface area (Å²) in [6, 6.07) is 40.2. The van der Waals surface area contributed by atoms with Gasteiger partial charge in [-0.05, 0) is 63.4 Å². The van der Waals surface area contributed by atoms with E-state index in [4.69, 9.17) is 9.97 Å². The van der Waals surface area contributed by atoms with E-state index in [0.717, 1.165) is 55.2 Å². The Morgan fingerprint density at radius 3 is 1.86 bits per heavy atom. The molecular formula is C34H25N3. The maximum atomic E-state index is 5.05. The third-order valence-corrected chi connectivity index (χ3v) is 6.53. The van der Waals surface area contributed by atoms with Crippen molar-refractivity contribution in [3.63, 3.8) is 0 Å². The van der Waals surface area contributed by atoms with Crippen LogP contribution in [0.5, 0.6) is 0 Å². The van der Waals surface area contributed by atoms with Crippen molar-refractivity contribution in [2.45, 2.75) is 0 Å². The molecule has 0 radical (unpaired) electrons. The van der Waals surface area contributed by atoms with Crippen molar-refractivity contribution in [2.24, 2.45) is 0 Å². The molecule has 5 aromatic carbocycles. The van der Waals surface area contributed by atoms with Crippen molar-refractivity contribution < 1.29 is 0 Å². The number of allylic oxidation sites excluding steroid dienone is 1. The van der Waals surface area contributed by atoms with Gasteiger partial charge in [-0.1, -0.05) is 104 Å². The third-order valence-electron chi connectivity index (χ3n) is 6.53. The molecule has 0 bridgehead atoms. The SMILES string of the molecule is C=CC(=C)Nc1nc(-c2cc(-c3ccccc3)cc(-c3ccccc3)c2)c2c(ccc3ccccc32)n1. The second-order valence-corrected chi connectivity index (χ2v) is 8.96. The highest BCUT2D eigenvalue weighted by atomic mass is 15.1. The molecule has 3 nitrogen and oxygen atoms in total. The van der Waals surface area contributed by atoms with Crippen LogP contribution in [0.1, 0.15) is 0 Å². The topological polar surface area (TPSA) is 37.8 Å². The molecule has 0 unspecified atom stereocenters. The van der Waals surface area contributed by atoms with E-state index in [1.807, 2.05) is 12.1 Å². The number of anilines is 1. The standard InChI is InChI=1S/C34H25N3/c1-3-23(2)35-34-36-31-19-18-26-16-10-11-17-30(26)32(31)33(37-34)29-21-27(24-12-6-4-7-13-24)20-28(22-29)25-14-8-5-9-15-25/h3-22H,1-2H2,(H,35,36,37). The average Bonchev–Trinajstić information content (AvgIpc) is 2.97. The van der Waals surface area contributed by atoms with Crippen molar-refractivity contribution in [1.82, 2.24) is 9.97 Å². The van der Waals surface area contributed by atoms with Crippen LogP contribution in [0.15, 0.2) is 140 Å². The molecule has 0 aliphatic heterocycles. The molecule has 1 aromatic heterocycles. The molecule has 0 spiro atoms. The van der Waals surface area contributed by atoms with Crippen LogP contribution in [0.25, 0.3) is 55.2 Å². The van der Waals surface area contributed by atoms with Crippen molar-refractivity contribution >= 4 is 27.6 Å². The first-order valence-corrected chi connectivity index (χ1v) is 12.2. The van der Waals surface area contributed by atoms with E-state index < -0.39 is 0 Å². The molecule has 37 heavy (non-hydrogen) atoms. The lowest BCUT2D eigenvalue weighted by atomic mass is 9.93. The number of benzene rings is 5. The maximum absolute atomic E-state index is 5.05. The number of nitrogens with one attached hydrogen (secondary N) is 1. The summed E-state index contributed by atoms with van der Waals surface area (Å²) >= 11 is 0. The lowest BCUT2D eigenvalue weighted by molar-refractivity contribution is 1.20. The van der Waals surface area contributed by atoms with Gasteiger partial charge in [0.05, 0.1) is 11.2 Å². The van der Waals surface area contributed by atoms with Gasteiger partial charge in [0.1, 0.15) is 0 Å². The monoisotopic (exact) mass is 475 g/mol. The van der Waals surface area contributed by atoms with Crippen LogP contribution >= 0.6 is 0 Å². The molecule has 1 N–H and O–H groups in total. The summed E-state index contributed by atoms with van der Waals surface area (Å²) in [6.07, 6.45) is 1.66. The van der Waals surface area contributed by atoms with E-state index in [1.165, 1.54) is 0 Å². The fourth-order valence-electron chi connectivity index (χ4n) is 4.72. The Balaban J connectivity index is 1.68. The molecule has 1 heterocycles. The van der Waals surface area contributed by atoms with Gasteiger partial charge in [0.25, 0.3) is 0 Å². The zero-order chi connectivity index (χ0) is 25.2. The van der Waals surface area contributed by atoms with Crippen molar-refractivity contribution in [3.05, 3.63) is 140 Å². The van der Waals surface area contributed by atoms with E-state index in [0.29, 0.717) is 11.6 Å². The van der Waals surface area contributed by atoms with Crippen LogP contribution in [-0.2, 0) is 0 Å². The van der Waals surface area contributed by atoms with E-state index in [1.54, 1.807) is 6.08 Å². The summed E-state index contributed by atoms with van der Waals surface area (Å²) in [6.45, 7) is 7.81. The molecule has 0 fully saturated rings. The minimum atomic E-state index is 0.494. The number of nitrogens with zero attached hydrogens (tertiary/aromatic N) is 2. The maximum Gasteiger partial charge on any atom is 0.228 e. The number of hydrogen-bond donors (Lipinski definition) is 1. The summed E-state index contributed by atoms with van der Waals surface area (Å²) in [5.74, 6) is 0.494. The summed E-state index contributed by atoms with van der Waals surface area (Å²) in [4.78, 5) is 9.88. The molecule has 3 heteroatoms. The van der Waals surface area contributed by atoms with Gasteiger partial charge < -0.3 is 5.32 Å². The van der Waals surface area contributed by atoms with Crippen LogP contribution < -0.4 is 5.32 Å². The molecule has 0 aliphatic rings. The molecular weight excluding hydrogens is 450 g/mol. The Kier molecular flexibility index (Phi) is 5.80. The van der Waals surface area contributed by atoms with E-state index in [9.17, 15) is 0 Å². The van der Waals surface area contributed by atoms with Crippen molar-refractivity contribution in [1.29, 1.82) is 0 Å². The predicted molar refractivity (Wildman–Crippen MR) is 156 cm³/mol. The van der Waals surface area contributed by atoms with E-state index >= 15 is 0 Å². The van der Waals surface area contributed by atoms with Gasteiger partial charge in [0, 0.05) is 16.6 Å². The Morgan fingerprint density at radius 2 is 1.22 bits per heavy atom. The summed E-state index contributed by atoms with van der Waals surface area (Å²) in [5.41, 5.74) is 7.99. The molecule has 176 valence electrons. The first-order chi connectivity index (χ1) is 18.2. The number of rotatable bonds is 6. The summed E-state index contributed by atoms with van der Waals surface area (Å²) < 4.78 is 0. The fraction of sp³-hybridized carbons (Fsp3) is 0. The Bertz CT molecular complexity index is 1710. The number of hydrogen-bond acceptors (Lipinski definition) is 3. The van der Waals surface area contributed by atoms with Crippen LogP contribution in [0.3, 0.4) is 0 Å². The Labute approximate surface area is 216 Å². The number of fused-ring (bicyclic) bond motifs is 3. The van der Waals surface area contributed by atoms with Gasteiger partial charge in [-0.25, -0.2) is 9.97 Å². The molecule has 0 saturated heterocycles. The molecule has 0 aliphatic carbocycles. The quantitative estimate of drug-likeness (QED) is 0.193. The van der Waals surface area contributed by atoms with E-state index in [2.05, 4.69) is 122 Å². The van der Waals surface area contributed by atoms with Gasteiger partial charge in [-0.3, -0.25) is 0 Å². The molecule has 6 aromatic rings. The molecule has 0 atom stereocenters. The highest BCUT2D eigenvalue weighted by molar-refractivity contribution is 6.12. The lowest BCUT2D eigenvalue weighted by Crippen LogP contribution is -2.03. The largest absolute Gasteiger partial charge is 0.325 e. The van der Waals surface area contributed by atoms with E-state index in [-0.39, 0.29) is 0 Å². The predicted octanol–water partition coefficient (Wildman–Crippen LogP) is 8.90.